The normalized spacial score (nSPS) is 12.1. The number of carboxylic acid groups (broad SMARTS) is 1. The minimum Gasteiger partial charge on any atom is -0.494 e. The molecular formula is C12H15ClO3. The van der Waals surface area contributed by atoms with Crippen LogP contribution in [0, 0.1) is 5.92 Å². The van der Waals surface area contributed by atoms with Crippen LogP contribution in [0.3, 0.4) is 0 Å². The van der Waals surface area contributed by atoms with Gasteiger partial charge in [-0.3, -0.25) is 4.79 Å². The second kappa shape index (κ2) is 6.38. The molecule has 16 heavy (non-hydrogen) atoms. The van der Waals surface area contributed by atoms with E-state index in [1.54, 1.807) is 24.3 Å². The summed E-state index contributed by atoms with van der Waals surface area (Å²) in [6, 6.07) is 7.02. The van der Waals surface area contributed by atoms with Gasteiger partial charge >= 0.3 is 5.97 Å². The first kappa shape index (κ1) is 12.8. The molecule has 0 spiro atoms. The molecule has 1 atom stereocenters. The summed E-state index contributed by atoms with van der Waals surface area (Å²) in [4.78, 5) is 10.7. The van der Waals surface area contributed by atoms with Crippen LogP contribution >= 0.6 is 11.6 Å². The minimum atomic E-state index is -0.762. The predicted octanol–water partition coefficient (Wildman–Crippen LogP) is 3.22. The van der Waals surface area contributed by atoms with Crippen molar-refractivity contribution in [3.8, 4) is 5.75 Å². The number of carbonyl (C=O) groups is 1. The Labute approximate surface area is 100.0 Å². The van der Waals surface area contributed by atoms with Crippen LogP contribution in [-0.2, 0) is 4.79 Å². The zero-order chi connectivity index (χ0) is 12.0. The molecule has 88 valence electrons. The zero-order valence-electron chi connectivity index (χ0n) is 9.15. The van der Waals surface area contributed by atoms with Crippen molar-refractivity contribution in [1.82, 2.24) is 0 Å². The summed E-state index contributed by atoms with van der Waals surface area (Å²) in [6.45, 7) is 2.27. The first-order valence-electron chi connectivity index (χ1n) is 5.24. The summed E-state index contributed by atoms with van der Waals surface area (Å²) in [6.07, 6.45) is 1.15. The van der Waals surface area contributed by atoms with E-state index < -0.39 is 5.97 Å². The molecule has 0 saturated carbocycles. The molecule has 1 unspecified atom stereocenters. The van der Waals surface area contributed by atoms with Gasteiger partial charge in [0.05, 0.1) is 12.5 Å². The van der Waals surface area contributed by atoms with Gasteiger partial charge in [-0.25, -0.2) is 0 Å². The van der Waals surface area contributed by atoms with Crippen molar-refractivity contribution in [1.29, 1.82) is 0 Å². The van der Waals surface area contributed by atoms with Crippen molar-refractivity contribution >= 4 is 17.6 Å². The Morgan fingerprint density at radius 2 is 2.06 bits per heavy atom. The largest absolute Gasteiger partial charge is 0.494 e. The molecule has 0 saturated heterocycles. The van der Waals surface area contributed by atoms with Crippen LogP contribution in [0.4, 0.5) is 0 Å². The monoisotopic (exact) mass is 242 g/mol. The lowest BCUT2D eigenvalue weighted by atomic mass is 10.0. The molecule has 0 heterocycles. The minimum absolute atomic E-state index is 0.327. The fraction of sp³-hybridized carbons (Fsp3) is 0.417. The summed E-state index contributed by atoms with van der Waals surface area (Å²) in [7, 11) is 0. The number of rotatable bonds is 6. The molecule has 0 radical (unpaired) electrons. The molecule has 0 aromatic heterocycles. The standard InChI is InChI=1S/C12H15ClO3/c1-2-9(12(14)15)7-8-16-11-5-3-10(13)4-6-11/h3-6,9H,2,7-8H2,1H3,(H,14,15). The highest BCUT2D eigenvalue weighted by molar-refractivity contribution is 6.30. The molecule has 0 fully saturated rings. The summed E-state index contributed by atoms with van der Waals surface area (Å²) in [5.74, 6) is -0.376. The Bertz CT molecular complexity index is 335. The molecule has 1 N–H and O–H groups in total. The number of hydrogen-bond donors (Lipinski definition) is 1. The van der Waals surface area contributed by atoms with Gasteiger partial charge in [0.2, 0.25) is 0 Å². The fourth-order valence-electron chi connectivity index (χ4n) is 1.35. The molecule has 1 rings (SSSR count). The maximum Gasteiger partial charge on any atom is 0.306 e. The first-order valence-corrected chi connectivity index (χ1v) is 5.62. The van der Waals surface area contributed by atoms with E-state index in [1.807, 2.05) is 6.92 Å². The van der Waals surface area contributed by atoms with Gasteiger partial charge < -0.3 is 9.84 Å². The zero-order valence-corrected chi connectivity index (χ0v) is 9.91. The summed E-state index contributed by atoms with van der Waals surface area (Å²) in [5.41, 5.74) is 0. The van der Waals surface area contributed by atoms with E-state index in [0.717, 1.165) is 0 Å². The van der Waals surface area contributed by atoms with Crippen LogP contribution in [0.5, 0.6) is 5.75 Å². The van der Waals surface area contributed by atoms with Crippen LogP contribution in [-0.4, -0.2) is 17.7 Å². The predicted molar refractivity (Wildman–Crippen MR) is 63.0 cm³/mol. The van der Waals surface area contributed by atoms with Gasteiger partial charge in [-0.05, 0) is 37.1 Å². The highest BCUT2D eigenvalue weighted by Gasteiger charge is 2.14. The summed E-state index contributed by atoms with van der Waals surface area (Å²) < 4.78 is 5.42. The Hall–Kier alpha value is -1.22. The number of carboxylic acids is 1. The first-order chi connectivity index (χ1) is 7.63. The highest BCUT2D eigenvalue weighted by Crippen LogP contribution is 2.16. The van der Waals surface area contributed by atoms with Gasteiger partial charge in [-0.15, -0.1) is 0 Å². The molecule has 0 aliphatic heterocycles. The lowest BCUT2D eigenvalue weighted by Gasteiger charge is -2.10. The molecule has 0 bridgehead atoms. The smallest absolute Gasteiger partial charge is 0.306 e. The van der Waals surface area contributed by atoms with Crippen LogP contribution in [0.15, 0.2) is 24.3 Å². The molecular weight excluding hydrogens is 228 g/mol. The van der Waals surface area contributed by atoms with Crippen molar-refractivity contribution in [3.63, 3.8) is 0 Å². The third-order valence-electron chi connectivity index (χ3n) is 2.39. The van der Waals surface area contributed by atoms with Gasteiger partial charge in [-0.2, -0.15) is 0 Å². The third-order valence-corrected chi connectivity index (χ3v) is 2.64. The average molecular weight is 243 g/mol. The average Bonchev–Trinajstić information content (AvgIpc) is 2.26. The Balaban J connectivity index is 2.35. The summed E-state index contributed by atoms with van der Waals surface area (Å²) in [5, 5.41) is 9.49. The van der Waals surface area contributed by atoms with Gasteiger partial charge in [0.1, 0.15) is 5.75 Å². The van der Waals surface area contributed by atoms with E-state index in [2.05, 4.69) is 0 Å². The number of benzene rings is 1. The van der Waals surface area contributed by atoms with E-state index in [0.29, 0.717) is 30.2 Å². The van der Waals surface area contributed by atoms with E-state index in [9.17, 15) is 4.79 Å². The second-order valence-electron chi connectivity index (χ2n) is 3.53. The Kier molecular flexibility index (Phi) is 5.12. The van der Waals surface area contributed by atoms with Crippen LogP contribution in [0.2, 0.25) is 5.02 Å². The fourth-order valence-corrected chi connectivity index (χ4v) is 1.48. The molecule has 0 amide bonds. The van der Waals surface area contributed by atoms with Crippen LogP contribution in [0.1, 0.15) is 19.8 Å². The van der Waals surface area contributed by atoms with Gasteiger partial charge in [0.15, 0.2) is 0 Å². The maximum absolute atomic E-state index is 10.7. The van der Waals surface area contributed by atoms with E-state index >= 15 is 0 Å². The SMILES string of the molecule is CCC(CCOc1ccc(Cl)cc1)C(=O)O. The van der Waals surface area contributed by atoms with Gasteiger partial charge in [0.25, 0.3) is 0 Å². The van der Waals surface area contributed by atoms with Crippen molar-refractivity contribution < 1.29 is 14.6 Å². The highest BCUT2D eigenvalue weighted by atomic mass is 35.5. The Morgan fingerprint density at radius 3 is 2.56 bits per heavy atom. The Morgan fingerprint density at radius 1 is 1.44 bits per heavy atom. The van der Waals surface area contributed by atoms with Crippen molar-refractivity contribution in [2.45, 2.75) is 19.8 Å². The second-order valence-corrected chi connectivity index (χ2v) is 3.97. The van der Waals surface area contributed by atoms with Crippen molar-refractivity contribution in [2.75, 3.05) is 6.61 Å². The number of aliphatic carboxylic acids is 1. The van der Waals surface area contributed by atoms with E-state index in [4.69, 9.17) is 21.4 Å². The molecule has 3 nitrogen and oxygen atoms in total. The molecule has 0 aliphatic rings. The van der Waals surface area contributed by atoms with Crippen molar-refractivity contribution in [2.24, 2.45) is 5.92 Å². The lowest BCUT2D eigenvalue weighted by Crippen LogP contribution is -2.15. The van der Waals surface area contributed by atoms with Crippen molar-refractivity contribution in [3.05, 3.63) is 29.3 Å². The third kappa shape index (κ3) is 4.11. The topological polar surface area (TPSA) is 46.5 Å². The quantitative estimate of drug-likeness (QED) is 0.833. The molecule has 1 aromatic rings. The van der Waals surface area contributed by atoms with Gasteiger partial charge in [-0.1, -0.05) is 18.5 Å². The number of hydrogen-bond acceptors (Lipinski definition) is 2. The molecule has 1 aromatic carbocycles. The lowest BCUT2D eigenvalue weighted by molar-refractivity contribution is -0.142. The number of halogens is 1. The van der Waals surface area contributed by atoms with Gasteiger partial charge in [0, 0.05) is 5.02 Å². The van der Waals surface area contributed by atoms with Crippen LogP contribution in [0.25, 0.3) is 0 Å². The summed E-state index contributed by atoms with van der Waals surface area (Å²) >= 11 is 5.73. The van der Waals surface area contributed by atoms with E-state index in [-0.39, 0.29) is 5.92 Å². The molecule has 0 aliphatic carbocycles. The maximum atomic E-state index is 10.7. The van der Waals surface area contributed by atoms with Crippen LogP contribution < -0.4 is 4.74 Å². The number of ether oxygens (including phenoxy) is 1. The van der Waals surface area contributed by atoms with E-state index in [1.165, 1.54) is 0 Å². The molecule has 4 heteroatoms.